The topological polar surface area (TPSA) is 37.4 Å². The van der Waals surface area contributed by atoms with Crippen molar-refractivity contribution in [1.82, 2.24) is 0 Å². The van der Waals surface area contributed by atoms with E-state index in [1.54, 1.807) is 0 Å². The maximum absolute atomic E-state index is 15.4. The van der Waals surface area contributed by atoms with Gasteiger partial charge in [-0.15, -0.1) is 0 Å². The zero-order valence-electron chi connectivity index (χ0n) is 25.9. The zero-order chi connectivity index (χ0) is 32.0. The average Bonchev–Trinajstić information content (AvgIpc) is 3.44. The second-order valence-corrected chi connectivity index (χ2v) is 14.1. The molecule has 6 aromatic carbocycles. The second kappa shape index (κ2) is 10.0. The van der Waals surface area contributed by atoms with Crippen LogP contribution in [0.5, 0.6) is 0 Å². The number of Topliss-reactive ketones (excluding diaryl/α,β-unsaturated/α-hetero) is 1. The Hall–Kier alpha value is -5.45. The van der Waals surface area contributed by atoms with Crippen LogP contribution in [0.4, 0.5) is 5.69 Å². The van der Waals surface area contributed by atoms with Gasteiger partial charge >= 0.3 is 0 Å². The van der Waals surface area contributed by atoms with E-state index in [0.717, 1.165) is 28.0 Å². The third kappa shape index (κ3) is 3.30. The molecule has 2 fully saturated rings. The highest BCUT2D eigenvalue weighted by Crippen LogP contribution is 2.84. The molecular formula is C44H29NO2S. The molecule has 2 aliphatic carbocycles. The lowest BCUT2D eigenvalue weighted by Gasteiger charge is -2.35. The van der Waals surface area contributed by atoms with Gasteiger partial charge in [-0.2, -0.15) is 0 Å². The molecule has 4 heteroatoms. The van der Waals surface area contributed by atoms with E-state index in [1.165, 1.54) is 16.0 Å². The van der Waals surface area contributed by atoms with Crippen LogP contribution in [0.15, 0.2) is 174 Å². The van der Waals surface area contributed by atoms with E-state index in [2.05, 4.69) is 102 Å². The number of hydrogen-bond donors (Lipinski definition) is 0. The minimum Gasteiger partial charge on any atom is -0.345 e. The largest absolute Gasteiger partial charge is 0.345 e. The monoisotopic (exact) mass is 635 g/mol. The molecule has 3 nitrogen and oxygen atoms in total. The van der Waals surface area contributed by atoms with Gasteiger partial charge in [-0.25, -0.2) is 0 Å². The number of para-hydroxylation sites is 1. The summed E-state index contributed by atoms with van der Waals surface area (Å²) in [5.74, 6) is 0.142. The molecule has 48 heavy (non-hydrogen) atoms. The Bertz CT molecular complexity index is 2280. The van der Waals surface area contributed by atoms with Crippen LogP contribution in [-0.2, 0) is 10.8 Å². The summed E-state index contributed by atoms with van der Waals surface area (Å²) >= 11 is 1.86. The number of ketones is 2. The summed E-state index contributed by atoms with van der Waals surface area (Å²) in [6.07, 6.45) is 0. The summed E-state index contributed by atoms with van der Waals surface area (Å²) in [6, 6.07) is 55.3. The number of anilines is 1. The number of nitrogens with zero attached hydrogens (tertiary/aromatic N) is 1. The van der Waals surface area contributed by atoms with Crippen molar-refractivity contribution in [3.63, 3.8) is 0 Å². The van der Waals surface area contributed by atoms with Gasteiger partial charge in [0.1, 0.15) is 6.04 Å². The predicted molar refractivity (Wildman–Crippen MR) is 192 cm³/mol. The molecule has 6 aromatic rings. The van der Waals surface area contributed by atoms with Crippen LogP contribution in [-0.4, -0.2) is 23.0 Å². The highest BCUT2D eigenvalue weighted by molar-refractivity contribution is 8.00. The fourth-order valence-electron chi connectivity index (χ4n) is 9.25. The van der Waals surface area contributed by atoms with Crippen molar-refractivity contribution < 1.29 is 9.59 Å². The van der Waals surface area contributed by atoms with E-state index in [4.69, 9.17) is 0 Å². The van der Waals surface area contributed by atoms with Crippen LogP contribution in [0.25, 0.3) is 5.57 Å². The predicted octanol–water partition coefficient (Wildman–Crippen LogP) is 9.13. The van der Waals surface area contributed by atoms with Gasteiger partial charge in [0.05, 0.1) is 21.9 Å². The van der Waals surface area contributed by atoms with Crippen LogP contribution >= 0.6 is 11.8 Å². The SMILES string of the molecule is O=C1c2ccccc2C(=C2[C@]3(c4ccccc4)[C@@H]4Sc5ccccc5N4[C@H](C(=O)c4ccccc4)[C@@]23c2ccccc2)c2ccccc21. The van der Waals surface area contributed by atoms with Crippen molar-refractivity contribution in [1.29, 1.82) is 0 Å². The molecule has 228 valence electrons. The molecule has 2 aliphatic heterocycles. The fourth-order valence-corrected chi connectivity index (χ4v) is 10.9. The van der Waals surface area contributed by atoms with Crippen molar-refractivity contribution in [3.8, 4) is 0 Å². The number of piperidine rings is 1. The maximum Gasteiger partial charge on any atom is 0.194 e. The summed E-state index contributed by atoms with van der Waals surface area (Å²) in [5, 5.41) is -0.102. The minimum atomic E-state index is -0.732. The average molecular weight is 636 g/mol. The first-order valence-corrected chi connectivity index (χ1v) is 17.3. The van der Waals surface area contributed by atoms with Crippen molar-refractivity contribution in [2.75, 3.05) is 4.90 Å². The number of carbonyl (C=O) groups excluding carboxylic acids is 2. The van der Waals surface area contributed by atoms with Gasteiger partial charge in [0, 0.05) is 21.6 Å². The molecule has 0 bridgehead atoms. The normalized spacial score (nSPS) is 24.3. The Labute approximate surface area is 283 Å². The first-order valence-electron chi connectivity index (χ1n) is 16.4. The van der Waals surface area contributed by atoms with Crippen LogP contribution in [0.1, 0.15) is 48.5 Å². The van der Waals surface area contributed by atoms with E-state index in [9.17, 15) is 4.79 Å². The number of hydrogen-bond acceptors (Lipinski definition) is 4. The van der Waals surface area contributed by atoms with Gasteiger partial charge in [0.15, 0.2) is 11.6 Å². The Morgan fingerprint density at radius 3 is 1.62 bits per heavy atom. The standard InChI is InChI=1S/C44H29NO2S/c46-38(28-16-4-1-5-17-28)41-43(29-18-6-2-7-19-29)40(37-31-22-10-12-24-33(31)39(47)34-25-13-11-23-32(34)37)44(43,30-20-8-3-9-21-30)42-45(41)35-26-14-15-27-36(35)48-42/h1-27,41-42H/t41-,42+,43-,44-/m1/s1. The second-order valence-electron chi connectivity index (χ2n) is 13.0. The maximum atomic E-state index is 15.4. The Balaban J connectivity index is 1.41. The molecule has 1 saturated heterocycles. The van der Waals surface area contributed by atoms with Crippen LogP contribution < -0.4 is 4.90 Å². The van der Waals surface area contributed by atoms with Gasteiger partial charge in [-0.3, -0.25) is 9.59 Å². The molecule has 4 aliphatic rings. The Kier molecular flexibility index (Phi) is 5.77. The third-order valence-corrected chi connectivity index (χ3v) is 12.3. The summed E-state index contributed by atoms with van der Waals surface area (Å²) in [6.45, 7) is 0. The quantitative estimate of drug-likeness (QED) is 0.181. The van der Waals surface area contributed by atoms with Gasteiger partial charge in [0.2, 0.25) is 0 Å². The number of thioether (sulfide) groups is 1. The number of rotatable bonds is 4. The summed E-state index contributed by atoms with van der Waals surface area (Å²) in [4.78, 5) is 33.1. The first-order chi connectivity index (χ1) is 23.7. The molecule has 0 amide bonds. The van der Waals surface area contributed by atoms with Crippen molar-refractivity contribution >= 4 is 34.6 Å². The highest BCUT2D eigenvalue weighted by atomic mass is 32.2. The molecule has 1 saturated carbocycles. The molecule has 4 atom stereocenters. The fraction of sp³-hybridized carbons (Fsp3) is 0.0909. The zero-order valence-corrected chi connectivity index (χ0v) is 26.7. The van der Waals surface area contributed by atoms with E-state index in [0.29, 0.717) is 16.7 Å². The lowest BCUT2D eigenvalue weighted by atomic mass is 9.76. The molecule has 0 aromatic heterocycles. The molecule has 0 unspecified atom stereocenters. The minimum absolute atomic E-state index is 0.0417. The first kappa shape index (κ1) is 27.6. The van der Waals surface area contributed by atoms with Gasteiger partial charge < -0.3 is 4.90 Å². The Morgan fingerprint density at radius 2 is 1.02 bits per heavy atom. The highest BCUT2D eigenvalue weighted by Gasteiger charge is 2.88. The smallest absolute Gasteiger partial charge is 0.194 e. The van der Waals surface area contributed by atoms with E-state index in [-0.39, 0.29) is 16.9 Å². The van der Waals surface area contributed by atoms with Crippen LogP contribution in [0.3, 0.4) is 0 Å². The number of fused-ring (bicyclic) bond motifs is 7. The van der Waals surface area contributed by atoms with Gasteiger partial charge in [0.25, 0.3) is 0 Å². The van der Waals surface area contributed by atoms with Crippen LogP contribution in [0.2, 0.25) is 0 Å². The molecule has 0 radical (unpaired) electrons. The number of carbonyl (C=O) groups is 2. The van der Waals surface area contributed by atoms with Crippen molar-refractivity contribution in [2.24, 2.45) is 0 Å². The van der Waals surface area contributed by atoms with Gasteiger partial charge in [-0.05, 0) is 45.5 Å². The van der Waals surface area contributed by atoms with E-state index >= 15 is 4.79 Å². The van der Waals surface area contributed by atoms with E-state index < -0.39 is 16.9 Å². The Morgan fingerprint density at radius 1 is 0.542 bits per heavy atom. The number of benzene rings is 6. The van der Waals surface area contributed by atoms with E-state index in [1.807, 2.05) is 78.5 Å². The van der Waals surface area contributed by atoms with Crippen molar-refractivity contribution in [3.05, 3.63) is 208 Å². The summed E-state index contributed by atoms with van der Waals surface area (Å²) in [7, 11) is 0. The lowest BCUT2D eigenvalue weighted by molar-refractivity contribution is 0.0947. The lowest BCUT2D eigenvalue weighted by Crippen LogP contribution is -2.47. The van der Waals surface area contributed by atoms with Gasteiger partial charge in [-0.1, -0.05) is 163 Å². The van der Waals surface area contributed by atoms with Crippen molar-refractivity contribution in [2.45, 2.75) is 27.1 Å². The molecule has 0 spiro atoms. The molecule has 10 rings (SSSR count). The molecule has 0 N–H and O–H groups in total. The molecule has 2 heterocycles. The summed E-state index contributed by atoms with van der Waals surface area (Å²) < 4.78 is 0. The summed E-state index contributed by atoms with van der Waals surface area (Å²) in [5.41, 5.74) is 8.37. The van der Waals surface area contributed by atoms with Crippen LogP contribution in [0, 0.1) is 0 Å². The third-order valence-electron chi connectivity index (χ3n) is 10.9. The molecular weight excluding hydrogens is 607 g/mol.